The smallest absolute Gasteiger partial charge is 0.0600 e. The van der Waals surface area contributed by atoms with Crippen molar-refractivity contribution in [2.45, 2.75) is 6.04 Å². The zero-order valence-corrected chi connectivity index (χ0v) is 12.9. The fourth-order valence-electron chi connectivity index (χ4n) is 1.92. The molecule has 0 aliphatic heterocycles. The summed E-state index contributed by atoms with van der Waals surface area (Å²) >= 11 is 15.9. The zero-order valence-electron chi connectivity index (χ0n) is 9.75. The summed E-state index contributed by atoms with van der Waals surface area (Å²) in [5.74, 6) is 0. The predicted octanol–water partition coefficient (Wildman–Crippen LogP) is 5.06. The molecule has 0 saturated carbocycles. The fraction of sp³-hybridized carbons (Fsp3) is 0.143. The van der Waals surface area contributed by atoms with Crippen molar-refractivity contribution in [3.05, 3.63) is 68.1 Å². The van der Waals surface area contributed by atoms with Gasteiger partial charge in [0.1, 0.15) is 0 Å². The van der Waals surface area contributed by atoms with Gasteiger partial charge in [0.2, 0.25) is 0 Å². The van der Waals surface area contributed by atoms with Crippen molar-refractivity contribution in [1.29, 1.82) is 0 Å². The minimum absolute atomic E-state index is 0.00627. The molecule has 1 atom stereocenters. The van der Waals surface area contributed by atoms with Crippen molar-refractivity contribution < 1.29 is 0 Å². The third kappa shape index (κ3) is 2.89. The molecule has 1 N–H and O–H groups in total. The molecule has 0 spiro atoms. The van der Waals surface area contributed by atoms with Crippen LogP contribution in [0.1, 0.15) is 17.2 Å². The van der Waals surface area contributed by atoms with Crippen LogP contribution in [-0.4, -0.2) is 7.05 Å². The first-order valence-corrected chi connectivity index (χ1v) is 7.05. The first-order chi connectivity index (χ1) is 8.63. The number of hydrogen-bond donors (Lipinski definition) is 1. The lowest BCUT2D eigenvalue weighted by molar-refractivity contribution is 0.689. The van der Waals surface area contributed by atoms with Crippen molar-refractivity contribution >= 4 is 39.1 Å². The number of rotatable bonds is 3. The van der Waals surface area contributed by atoms with Gasteiger partial charge < -0.3 is 5.32 Å². The third-order valence-electron chi connectivity index (χ3n) is 2.77. The molecule has 1 nitrogen and oxygen atoms in total. The zero-order chi connectivity index (χ0) is 13.1. The van der Waals surface area contributed by atoms with Crippen LogP contribution in [0.15, 0.2) is 46.9 Å². The van der Waals surface area contributed by atoms with Crippen LogP contribution in [0.2, 0.25) is 10.0 Å². The molecule has 0 saturated heterocycles. The summed E-state index contributed by atoms with van der Waals surface area (Å²) in [5, 5.41) is 4.66. The standard InChI is InChI=1S/C14H12BrCl2N/c1-18-14(10-4-2-3-5-12(10)15)11-8-9(16)6-7-13(11)17/h2-8,14,18H,1H3. The van der Waals surface area contributed by atoms with E-state index in [1.807, 2.05) is 37.4 Å². The van der Waals surface area contributed by atoms with Crippen LogP contribution in [0.25, 0.3) is 0 Å². The van der Waals surface area contributed by atoms with Crippen molar-refractivity contribution in [2.24, 2.45) is 0 Å². The van der Waals surface area contributed by atoms with Crippen LogP contribution >= 0.6 is 39.1 Å². The van der Waals surface area contributed by atoms with Crippen LogP contribution in [0.3, 0.4) is 0 Å². The Bertz CT molecular complexity index is 557. The number of nitrogens with one attached hydrogen (secondary N) is 1. The van der Waals surface area contributed by atoms with E-state index >= 15 is 0 Å². The van der Waals surface area contributed by atoms with Crippen molar-refractivity contribution in [3.63, 3.8) is 0 Å². The lowest BCUT2D eigenvalue weighted by atomic mass is 9.99. The number of benzene rings is 2. The van der Waals surface area contributed by atoms with Gasteiger partial charge in [-0.05, 0) is 42.4 Å². The quantitative estimate of drug-likeness (QED) is 0.820. The topological polar surface area (TPSA) is 12.0 Å². The van der Waals surface area contributed by atoms with Gasteiger partial charge in [-0.1, -0.05) is 57.3 Å². The summed E-state index contributed by atoms with van der Waals surface area (Å²) in [7, 11) is 1.90. The molecule has 0 aliphatic carbocycles. The second kappa shape index (κ2) is 6.07. The lowest BCUT2D eigenvalue weighted by Gasteiger charge is -2.20. The summed E-state index contributed by atoms with van der Waals surface area (Å²) in [4.78, 5) is 0. The molecule has 0 radical (unpaired) electrons. The highest BCUT2D eigenvalue weighted by molar-refractivity contribution is 9.10. The van der Waals surface area contributed by atoms with Crippen molar-refractivity contribution in [2.75, 3.05) is 7.05 Å². The molecule has 2 aromatic carbocycles. The van der Waals surface area contributed by atoms with Gasteiger partial charge in [-0.15, -0.1) is 0 Å². The van der Waals surface area contributed by atoms with Crippen LogP contribution in [0, 0.1) is 0 Å². The van der Waals surface area contributed by atoms with E-state index in [0.29, 0.717) is 10.0 Å². The van der Waals surface area contributed by atoms with Crippen molar-refractivity contribution in [3.8, 4) is 0 Å². The Morgan fingerprint density at radius 3 is 2.44 bits per heavy atom. The average Bonchev–Trinajstić information content (AvgIpc) is 2.36. The maximum atomic E-state index is 6.26. The molecule has 2 rings (SSSR count). The molecular formula is C14H12BrCl2N. The molecular weight excluding hydrogens is 333 g/mol. The molecule has 2 aromatic rings. The Hall–Kier alpha value is -0.540. The molecule has 4 heteroatoms. The Kier molecular flexibility index (Phi) is 4.68. The van der Waals surface area contributed by atoms with E-state index in [1.165, 1.54) is 0 Å². The molecule has 0 aliphatic rings. The second-order valence-corrected chi connectivity index (χ2v) is 5.61. The molecule has 0 amide bonds. The van der Waals surface area contributed by atoms with Gasteiger partial charge in [0.25, 0.3) is 0 Å². The molecule has 94 valence electrons. The minimum atomic E-state index is 0.00627. The van der Waals surface area contributed by atoms with E-state index in [9.17, 15) is 0 Å². The van der Waals surface area contributed by atoms with Gasteiger partial charge in [0.05, 0.1) is 6.04 Å². The van der Waals surface area contributed by atoms with E-state index in [1.54, 1.807) is 6.07 Å². The van der Waals surface area contributed by atoms with Crippen LogP contribution < -0.4 is 5.32 Å². The van der Waals surface area contributed by atoms with E-state index < -0.39 is 0 Å². The molecule has 1 unspecified atom stereocenters. The first-order valence-electron chi connectivity index (χ1n) is 5.50. The SMILES string of the molecule is CNC(c1cc(Cl)ccc1Cl)c1ccccc1Br. The summed E-state index contributed by atoms with van der Waals surface area (Å²) in [6.07, 6.45) is 0. The normalized spacial score (nSPS) is 12.4. The van der Waals surface area contributed by atoms with Crippen molar-refractivity contribution in [1.82, 2.24) is 5.32 Å². The monoisotopic (exact) mass is 343 g/mol. The highest BCUT2D eigenvalue weighted by atomic mass is 79.9. The van der Waals surface area contributed by atoms with Gasteiger partial charge in [-0.25, -0.2) is 0 Å². The first kappa shape index (κ1) is 13.9. The van der Waals surface area contributed by atoms with Gasteiger partial charge in [0.15, 0.2) is 0 Å². The third-order valence-corrected chi connectivity index (χ3v) is 4.08. The number of halogens is 3. The molecule has 0 aromatic heterocycles. The lowest BCUT2D eigenvalue weighted by Crippen LogP contribution is -2.18. The molecule has 0 bridgehead atoms. The van der Waals surface area contributed by atoms with Crippen LogP contribution in [0.5, 0.6) is 0 Å². The Balaban J connectivity index is 2.52. The van der Waals surface area contributed by atoms with Gasteiger partial charge >= 0.3 is 0 Å². The summed E-state index contributed by atoms with van der Waals surface area (Å²) in [5.41, 5.74) is 2.10. The van der Waals surface area contributed by atoms with Gasteiger partial charge in [-0.2, -0.15) is 0 Å². The molecule has 0 heterocycles. The largest absolute Gasteiger partial charge is 0.309 e. The van der Waals surface area contributed by atoms with Gasteiger partial charge in [0, 0.05) is 14.5 Å². The Morgan fingerprint density at radius 2 is 1.78 bits per heavy atom. The summed E-state index contributed by atoms with van der Waals surface area (Å²) in [6.45, 7) is 0. The number of hydrogen-bond acceptors (Lipinski definition) is 1. The van der Waals surface area contributed by atoms with E-state index in [4.69, 9.17) is 23.2 Å². The summed E-state index contributed by atoms with van der Waals surface area (Å²) in [6, 6.07) is 13.6. The Labute approximate surface area is 125 Å². The van der Waals surface area contributed by atoms with Crippen LogP contribution in [-0.2, 0) is 0 Å². The van der Waals surface area contributed by atoms with Crippen LogP contribution in [0.4, 0.5) is 0 Å². The van der Waals surface area contributed by atoms with Gasteiger partial charge in [-0.3, -0.25) is 0 Å². The highest BCUT2D eigenvalue weighted by Crippen LogP contribution is 2.33. The second-order valence-electron chi connectivity index (χ2n) is 3.91. The van der Waals surface area contributed by atoms with E-state index in [0.717, 1.165) is 15.6 Å². The average molecular weight is 345 g/mol. The fourth-order valence-corrected chi connectivity index (χ4v) is 2.84. The molecule has 18 heavy (non-hydrogen) atoms. The predicted molar refractivity (Wildman–Crippen MR) is 81.5 cm³/mol. The maximum absolute atomic E-state index is 6.26. The Morgan fingerprint density at radius 1 is 1.06 bits per heavy atom. The van der Waals surface area contributed by atoms with E-state index in [2.05, 4.69) is 27.3 Å². The highest BCUT2D eigenvalue weighted by Gasteiger charge is 2.17. The maximum Gasteiger partial charge on any atom is 0.0600 e. The van der Waals surface area contributed by atoms with E-state index in [-0.39, 0.29) is 6.04 Å². The summed E-state index contributed by atoms with van der Waals surface area (Å²) < 4.78 is 1.04. The molecule has 0 fully saturated rings. The minimum Gasteiger partial charge on any atom is -0.309 e.